The van der Waals surface area contributed by atoms with E-state index in [2.05, 4.69) is 32.6 Å². The van der Waals surface area contributed by atoms with E-state index in [-0.39, 0.29) is 17.9 Å². The number of aromatic amines is 1. The predicted octanol–water partition coefficient (Wildman–Crippen LogP) is 3.89. The van der Waals surface area contributed by atoms with Gasteiger partial charge in [0, 0.05) is 48.2 Å². The van der Waals surface area contributed by atoms with Crippen molar-refractivity contribution >= 4 is 17.4 Å². The molecule has 0 radical (unpaired) electrons. The third-order valence-corrected chi connectivity index (χ3v) is 6.61. The summed E-state index contributed by atoms with van der Waals surface area (Å²) in [6, 6.07) is 16.1. The van der Waals surface area contributed by atoms with Gasteiger partial charge >= 0.3 is 0 Å². The molecule has 1 saturated carbocycles. The van der Waals surface area contributed by atoms with Crippen LogP contribution in [0.1, 0.15) is 24.0 Å². The molecule has 0 atom stereocenters. The van der Waals surface area contributed by atoms with E-state index in [9.17, 15) is 9.90 Å². The Morgan fingerprint density at radius 1 is 1.00 bits per heavy atom. The van der Waals surface area contributed by atoms with Crippen molar-refractivity contribution in [2.75, 3.05) is 5.32 Å². The highest BCUT2D eigenvalue weighted by Crippen LogP contribution is 2.34. The second kappa shape index (κ2) is 8.39. The van der Waals surface area contributed by atoms with E-state index in [0.717, 1.165) is 33.5 Å². The molecule has 1 aliphatic heterocycles. The minimum Gasteiger partial charge on any atom is -0.393 e. The van der Waals surface area contributed by atoms with Gasteiger partial charge in [0.2, 0.25) is 5.91 Å². The van der Waals surface area contributed by atoms with Gasteiger partial charge in [0.15, 0.2) is 5.82 Å². The molecule has 170 valence electrons. The average molecular weight is 453 g/mol. The van der Waals surface area contributed by atoms with Gasteiger partial charge in [0.1, 0.15) is 5.82 Å². The number of nitrogens with zero attached hydrogens (tertiary/aromatic N) is 4. The van der Waals surface area contributed by atoms with Crippen molar-refractivity contribution in [1.29, 1.82) is 0 Å². The molecule has 8 nitrogen and oxygen atoms in total. The normalized spacial score (nSPS) is 18.9. The summed E-state index contributed by atoms with van der Waals surface area (Å²) in [5, 5.41) is 19.7. The summed E-state index contributed by atoms with van der Waals surface area (Å²) < 4.78 is 0. The summed E-state index contributed by atoms with van der Waals surface area (Å²) in [5.41, 5.74) is 6.26. The summed E-state index contributed by atoms with van der Waals surface area (Å²) >= 11 is 0. The molecular weight excluding hydrogens is 428 g/mol. The fourth-order valence-electron chi connectivity index (χ4n) is 4.61. The number of aromatic nitrogens is 4. The van der Waals surface area contributed by atoms with Crippen LogP contribution in [-0.2, 0) is 17.9 Å². The SMILES string of the molecule is O=C(C1CC(O)C1)N1Cc2ccc(-c3nccc(Nc4ccc(-c5cn[nH]c5)cc4)n3)cc2C1. The average Bonchev–Trinajstić information content (AvgIpc) is 3.52. The van der Waals surface area contributed by atoms with Gasteiger partial charge in [-0.3, -0.25) is 9.89 Å². The van der Waals surface area contributed by atoms with Crippen LogP contribution in [0.2, 0.25) is 0 Å². The second-order valence-electron chi connectivity index (χ2n) is 8.95. The molecule has 3 N–H and O–H groups in total. The van der Waals surface area contributed by atoms with Crippen LogP contribution in [0.25, 0.3) is 22.5 Å². The maximum Gasteiger partial charge on any atom is 0.226 e. The van der Waals surface area contributed by atoms with Crippen molar-refractivity contribution in [3.63, 3.8) is 0 Å². The lowest BCUT2D eigenvalue weighted by atomic mass is 9.81. The fourth-order valence-corrected chi connectivity index (χ4v) is 4.61. The predicted molar refractivity (Wildman–Crippen MR) is 128 cm³/mol. The first-order valence-electron chi connectivity index (χ1n) is 11.4. The van der Waals surface area contributed by atoms with Gasteiger partial charge in [-0.25, -0.2) is 9.97 Å². The van der Waals surface area contributed by atoms with E-state index >= 15 is 0 Å². The fraction of sp³-hybridized carbons (Fsp3) is 0.231. The minimum atomic E-state index is -0.321. The molecule has 1 aliphatic carbocycles. The molecule has 0 saturated heterocycles. The Morgan fingerprint density at radius 2 is 1.79 bits per heavy atom. The van der Waals surface area contributed by atoms with E-state index in [1.54, 1.807) is 12.4 Å². The Morgan fingerprint density at radius 3 is 2.56 bits per heavy atom. The van der Waals surface area contributed by atoms with Crippen molar-refractivity contribution in [3.8, 4) is 22.5 Å². The third kappa shape index (κ3) is 3.92. The topological polar surface area (TPSA) is 107 Å². The molecule has 0 spiro atoms. The molecule has 0 unspecified atom stereocenters. The Bertz CT molecular complexity index is 1330. The van der Waals surface area contributed by atoms with Gasteiger partial charge in [-0.2, -0.15) is 5.10 Å². The third-order valence-electron chi connectivity index (χ3n) is 6.61. The van der Waals surface area contributed by atoms with Gasteiger partial charge < -0.3 is 15.3 Å². The number of nitrogens with one attached hydrogen (secondary N) is 2. The Labute approximate surface area is 196 Å². The van der Waals surface area contributed by atoms with E-state index in [1.165, 1.54) is 0 Å². The number of carbonyl (C=O) groups is 1. The maximum atomic E-state index is 12.7. The number of carbonyl (C=O) groups excluding carboxylic acids is 1. The lowest BCUT2D eigenvalue weighted by Gasteiger charge is -2.33. The molecule has 0 bridgehead atoms. The highest BCUT2D eigenvalue weighted by molar-refractivity contribution is 5.80. The van der Waals surface area contributed by atoms with Crippen molar-refractivity contribution in [2.45, 2.75) is 32.0 Å². The van der Waals surface area contributed by atoms with E-state index in [0.29, 0.717) is 37.6 Å². The Kier molecular flexibility index (Phi) is 5.07. The van der Waals surface area contributed by atoms with E-state index < -0.39 is 0 Å². The van der Waals surface area contributed by atoms with Crippen LogP contribution < -0.4 is 5.32 Å². The van der Waals surface area contributed by atoms with Gasteiger partial charge in [0.25, 0.3) is 0 Å². The van der Waals surface area contributed by atoms with Crippen LogP contribution in [0.3, 0.4) is 0 Å². The zero-order valence-corrected chi connectivity index (χ0v) is 18.5. The van der Waals surface area contributed by atoms with Gasteiger partial charge in [-0.1, -0.05) is 24.3 Å². The summed E-state index contributed by atoms with van der Waals surface area (Å²) in [5.74, 6) is 1.45. The van der Waals surface area contributed by atoms with Crippen molar-refractivity contribution in [3.05, 3.63) is 78.2 Å². The molecule has 3 heterocycles. The molecule has 8 heteroatoms. The molecule has 1 amide bonds. The maximum absolute atomic E-state index is 12.7. The molecule has 2 aliphatic rings. The van der Waals surface area contributed by atoms with Crippen LogP contribution in [0, 0.1) is 5.92 Å². The lowest BCUT2D eigenvalue weighted by Crippen LogP contribution is -2.41. The standard InChI is InChI=1S/C26H24N6O2/c33-23-10-19(11-23)26(34)32-14-18-2-1-17(9-20(18)15-32)25-27-8-7-24(31-25)30-22-5-3-16(4-6-22)21-12-28-29-13-21/h1-9,12-13,19,23,33H,10-11,14-15H2,(H,28,29)(H,27,30,31). The summed E-state index contributed by atoms with van der Waals surface area (Å²) in [4.78, 5) is 23.7. The lowest BCUT2D eigenvalue weighted by molar-refractivity contribution is -0.143. The quantitative estimate of drug-likeness (QED) is 0.424. The number of amides is 1. The number of benzene rings is 2. The molecule has 6 rings (SSSR count). The summed E-state index contributed by atoms with van der Waals surface area (Å²) in [6.45, 7) is 1.22. The summed E-state index contributed by atoms with van der Waals surface area (Å²) in [7, 11) is 0. The van der Waals surface area contributed by atoms with Gasteiger partial charge in [-0.05, 0) is 53.8 Å². The van der Waals surface area contributed by atoms with Crippen LogP contribution in [0.15, 0.2) is 67.1 Å². The van der Waals surface area contributed by atoms with Crippen LogP contribution in [-0.4, -0.2) is 42.2 Å². The number of hydrogen-bond acceptors (Lipinski definition) is 6. The molecule has 2 aromatic heterocycles. The first-order valence-corrected chi connectivity index (χ1v) is 11.4. The monoisotopic (exact) mass is 452 g/mol. The molecule has 4 aromatic rings. The van der Waals surface area contributed by atoms with E-state index in [1.807, 2.05) is 47.5 Å². The summed E-state index contributed by atoms with van der Waals surface area (Å²) in [6.07, 6.45) is 6.24. The molecule has 1 fully saturated rings. The van der Waals surface area contributed by atoms with Crippen molar-refractivity contribution in [2.24, 2.45) is 5.92 Å². The number of aliphatic hydroxyl groups excluding tert-OH is 1. The Balaban J connectivity index is 1.16. The minimum absolute atomic E-state index is 0.0383. The smallest absolute Gasteiger partial charge is 0.226 e. The zero-order chi connectivity index (χ0) is 23.1. The largest absolute Gasteiger partial charge is 0.393 e. The number of fused-ring (bicyclic) bond motifs is 1. The molecular formula is C26H24N6O2. The highest BCUT2D eigenvalue weighted by atomic mass is 16.3. The van der Waals surface area contributed by atoms with Crippen LogP contribution in [0.5, 0.6) is 0 Å². The zero-order valence-electron chi connectivity index (χ0n) is 18.5. The van der Waals surface area contributed by atoms with Crippen molar-refractivity contribution in [1.82, 2.24) is 25.1 Å². The first-order chi connectivity index (χ1) is 16.6. The number of hydrogen-bond donors (Lipinski definition) is 3. The van der Waals surface area contributed by atoms with Crippen LogP contribution in [0.4, 0.5) is 11.5 Å². The number of anilines is 2. The van der Waals surface area contributed by atoms with E-state index in [4.69, 9.17) is 4.98 Å². The first kappa shape index (κ1) is 20.6. The number of aliphatic hydroxyl groups is 1. The second-order valence-corrected chi connectivity index (χ2v) is 8.95. The van der Waals surface area contributed by atoms with Crippen LogP contribution >= 0.6 is 0 Å². The number of H-pyrrole nitrogens is 1. The Hall–Kier alpha value is -4.04. The molecule has 2 aromatic carbocycles. The molecule has 34 heavy (non-hydrogen) atoms. The number of rotatable bonds is 5. The van der Waals surface area contributed by atoms with Crippen molar-refractivity contribution < 1.29 is 9.90 Å². The highest BCUT2D eigenvalue weighted by Gasteiger charge is 2.37. The van der Waals surface area contributed by atoms with Gasteiger partial charge in [-0.15, -0.1) is 0 Å². The van der Waals surface area contributed by atoms with Gasteiger partial charge in [0.05, 0.1) is 12.3 Å².